The van der Waals surface area contributed by atoms with E-state index in [-0.39, 0.29) is 19.0 Å². The molecule has 2 heterocycles. The standard InChI is InChI=1S/C19H20N2O4S/c1-13-5-3-6-14(2)18(13)24-11-10-23-17(22)9-8-16-20-19(21-25-16)15-7-4-12-26-15/h3-7,12H,8-11H2,1-2H3. The van der Waals surface area contributed by atoms with Gasteiger partial charge in [-0.25, -0.2) is 0 Å². The lowest BCUT2D eigenvalue weighted by molar-refractivity contribution is -0.144. The predicted molar refractivity (Wildman–Crippen MR) is 98.3 cm³/mol. The quantitative estimate of drug-likeness (QED) is 0.440. The smallest absolute Gasteiger partial charge is 0.306 e. The second kappa shape index (κ2) is 8.62. The molecule has 0 aliphatic heterocycles. The second-order valence-corrected chi connectivity index (χ2v) is 6.73. The van der Waals surface area contributed by atoms with Crippen molar-refractivity contribution in [3.05, 3.63) is 52.7 Å². The highest BCUT2D eigenvalue weighted by Gasteiger charge is 2.12. The van der Waals surface area contributed by atoms with Crippen LogP contribution in [0.2, 0.25) is 0 Å². The van der Waals surface area contributed by atoms with E-state index in [2.05, 4.69) is 10.1 Å². The molecule has 0 N–H and O–H groups in total. The number of rotatable bonds is 8. The van der Waals surface area contributed by atoms with Crippen molar-refractivity contribution in [1.29, 1.82) is 0 Å². The average molecular weight is 372 g/mol. The van der Waals surface area contributed by atoms with E-state index in [0.29, 0.717) is 24.7 Å². The topological polar surface area (TPSA) is 74.5 Å². The van der Waals surface area contributed by atoms with Gasteiger partial charge in [0.1, 0.15) is 19.0 Å². The average Bonchev–Trinajstić information content (AvgIpc) is 3.30. The third-order valence-corrected chi connectivity index (χ3v) is 4.62. The van der Waals surface area contributed by atoms with E-state index >= 15 is 0 Å². The summed E-state index contributed by atoms with van der Waals surface area (Å²) < 4.78 is 16.1. The normalized spacial score (nSPS) is 10.7. The Balaban J connectivity index is 1.38. The van der Waals surface area contributed by atoms with Crippen molar-refractivity contribution in [2.24, 2.45) is 0 Å². The van der Waals surface area contributed by atoms with Crippen LogP contribution in [0.15, 0.2) is 40.2 Å². The Morgan fingerprint density at radius 2 is 1.96 bits per heavy atom. The summed E-state index contributed by atoms with van der Waals surface area (Å²) in [6.07, 6.45) is 0.546. The van der Waals surface area contributed by atoms with Crippen molar-refractivity contribution in [2.45, 2.75) is 26.7 Å². The Kier molecular flexibility index (Phi) is 6.01. The molecule has 7 heteroatoms. The maximum atomic E-state index is 11.8. The van der Waals surface area contributed by atoms with Crippen LogP contribution in [0.1, 0.15) is 23.4 Å². The zero-order chi connectivity index (χ0) is 18.4. The SMILES string of the molecule is Cc1cccc(C)c1OCCOC(=O)CCc1nc(-c2cccs2)no1. The summed E-state index contributed by atoms with van der Waals surface area (Å²) in [5.41, 5.74) is 2.13. The molecule has 0 aliphatic rings. The molecular formula is C19H20N2O4S. The lowest BCUT2D eigenvalue weighted by atomic mass is 10.1. The zero-order valence-electron chi connectivity index (χ0n) is 14.7. The van der Waals surface area contributed by atoms with Crippen molar-refractivity contribution >= 4 is 17.3 Å². The fourth-order valence-corrected chi connectivity index (χ4v) is 3.12. The summed E-state index contributed by atoms with van der Waals surface area (Å²) in [5, 5.41) is 5.86. The van der Waals surface area contributed by atoms with Crippen LogP contribution in [0.5, 0.6) is 5.75 Å². The van der Waals surface area contributed by atoms with Gasteiger partial charge in [0.2, 0.25) is 11.7 Å². The van der Waals surface area contributed by atoms with Gasteiger partial charge in [-0.2, -0.15) is 4.98 Å². The fourth-order valence-electron chi connectivity index (χ4n) is 2.47. The lowest BCUT2D eigenvalue weighted by Gasteiger charge is -2.11. The molecular weight excluding hydrogens is 352 g/mol. The summed E-state index contributed by atoms with van der Waals surface area (Å²) in [4.78, 5) is 17.0. The van der Waals surface area contributed by atoms with Gasteiger partial charge in [0.05, 0.1) is 11.3 Å². The molecule has 0 atom stereocenters. The fraction of sp³-hybridized carbons (Fsp3) is 0.316. The molecule has 0 fully saturated rings. The third kappa shape index (κ3) is 4.70. The third-order valence-electron chi connectivity index (χ3n) is 3.75. The first kappa shape index (κ1) is 18.1. The Morgan fingerprint density at radius 3 is 2.69 bits per heavy atom. The minimum atomic E-state index is -0.314. The molecule has 0 unspecified atom stereocenters. The first-order valence-corrected chi connectivity index (χ1v) is 9.22. The van der Waals surface area contributed by atoms with Crippen LogP contribution in [0, 0.1) is 13.8 Å². The maximum absolute atomic E-state index is 11.8. The number of hydrogen-bond donors (Lipinski definition) is 0. The highest BCUT2D eigenvalue weighted by molar-refractivity contribution is 7.13. The molecule has 0 saturated heterocycles. The minimum absolute atomic E-state index is 0.190. The summed E-state index contributed by atoms with van der Waals surface area (Å²) in [7, 11) is 0. The largest absolute Gasteiger partial charge is 0.489 e. The number of benzene rings is 1. The monoisotopic (exact) mass is 372 g/mol. The Bertz CT molecular complexity index is 838. The van der Waals surface area contributed by atoms with Gasteiger partial charge in [0.15, 0.2) is 0 Å². The van der Waals surface area contributed by atoms with Gasteiger partial charge in [-0.05, 0) is 36.4 Å². The van der Waals surface area contributed by atoms with Crippen LogP contribution >= 0.6 is 11.3 Å². The van der Waals surface area contributed by atoms with Crippen molar-refractivity contribution in [3.8, 4) is 16.5 Å². The van der Waals surface area contributed by atoms with Crippen LogP contribution in [0.3, 0.4) is 0 Å². The van der Waals surface area contributed by atoms with E-state index < -0.39 is 0 Å². The number of carbonyl (C=O) groups excluding carboxylic acids is 1. The van der Waals surface area contributed by atoms with Crippen LogP contribution in [-0.4, -0.2) is 29.3 Å². The summed E-state index contributed by atoms with van der Waals surface area (Å²) in [6, 6.07) is 9.81. The number of carbonyl (C=O) groups is 1. The Morgan fingerprint density at radius 1 is 1.15 bits per heavy atom. The number of ether oxygens (including phenoxy) is 2. The molecule has 3 rings (SSSR count). The van der Waals surface area contributed by atoms with E-state index in [1.807, 2.05) is 49.6 Å². The number of para-hydroxylation sites is 1. The highest BCUT2D eigenvalue weighted by Crippen LogP contribution is 2.22. The molecule has 0 spiro atoms. The van der Waals surface area contributed by atoms with Crippen LogP contribution in [-0.2, 0) is 16.0 Å². The summed E-state index contributed by atoms with van der Waals surface area (Å²) in [6.45, 7) is 4.50. The van der Waals surface area contributed by atoms with Crippen LogP contribution < -0.4 is 4.74 Å². The van der Waals surface area contributed by atoms with Gasteiger partial charge in [-0.1, -0.05) is 29.4 Å². The molecule has 136 valence electrons. The molecule has 6 nitrogen and oxygen atoms in total. The molecule has 2 aromatic heterocycles. The first-order valence-electron chi connectivity index (χ1n) is 8.34. The molecule has 0 saturated carbocycles. The predicted octanol–water partition coefficient (Wildman–Crippen LogP) is 3.97. The molecule has 0 bridgehead atoms. The van der Waals surface area contributed by atoms with Gasteiger partial charge in [-0.3, -0.25) is 4.79 Å². The molecule has 0 amide bonds. The molecule has 0 aliphatic carbocycles. The van der Waals surface area contributed by atoms with Crippen molar-refractivity contribution in [1.82, 2.24) is 10.1 Å². The van der Waals surface area contributed by atoms with Gasteiger partial charge in [0, 0.05) is 6.42 Å². The zero-order valence-corrected chi connectivity index (χ0v) is 15.5. The number of aromatic nitrogens is 2. The van der Waals surface area contributed by atoms with Crippen LogP contribution in [0.4, 0.5) is 0 Å². The lowest BCUT2D eigenvalue weighted by Crippen LogP contribution is -2.13. The Hall–Kier alpha value is -2.67. The number of esters is 1. The highest BCUT2D eigenvalue weighted by atomic mass is 32.1. The van der Waals surface area contributed by atoms with Crippen LogP contribution in [0.25, 0.3) is 10.7 Å². The number of hydrogen-bond acceptors (Lipinski definition) is 7. The molecule has 0 radical (unpaired) electrons. The van der Waals surface area contributed by atoms with E-state index in [9.17, 15) is 4.79 Å². The molecule has 1 aromatic carbocycles. The summed E-state index contributed by atoms with van der Waals surface area (Å²) >= 11 is 1.54. The minimum Gasteiger partial charge on any atom is -0.489 e. The van der Waals surface area contributed by atoms with E-state index in [4.69, 9.17) is 14.0 Å². The van der Waals surface area contributed by atoms with Crippen molar-refractivity contribution in [3.63, 3.8) is 0 Å². The first-order chi connectivity index (χ1) is 12.6. The van der Waals surface area contributed by atoms with E-state index in [0.717, 1.165) is 21.8 Å². The van der Waals surface area contributed by atoms with Crippen molar-refractivity contribution in [2.75, 3.05) is 13.2 Å². The van der Waals surface area contributed by atoms with E-state index in [1.54, 1.807) is 0 Å². The summed E-state index contributed by atoms with van der Waals surface area (Å²) in [5.74, 6) is 1.50. The number of nitrogens with zero attached hydrogens (tertiary/aromatic N) is 2. The molecule has 26 heavy (non-hydrogen) atoms. The second-order valence-electron chi connectivity index (χ2n) is 5.78. The Labute approximate surface area is 155 Å². The van der Waals surface area contributed by atoms with E-state index in [1.165, 1.54) is 11.3 Å². The molecule has 3 aromatic rings. The van der Waals surface area contributed by atoms with Gasteiger partial charge < -0.3 is 14.0 Å². The number of aryl methyl sites for hydroxylation is 3. The van der Waals surface area contributed by atoms with Gasteiger partial charge in [-0.15, -0.1) is 11.3 Å². The van der Waals surface area contributed by atoms with Gasteiger partial charge in [0.25, 0.3) is 0 Å². The number of thiophene rings is 1. The maximum Gasteiger partial charge on any atom is 0.306 e. The van der Waals surface area contributed by atoms with Gasteiger partial charge >= 0.3 is 5.97 Å². The van der Waals surface area contributed by atoms with Crippen molar-refractivity contribution < 1.29 is 18.8 Å².